The summed E-state index contributed by atoms with van der Waals surface area (Å²) in [6, 6.07) is 3.38. The third-order valence-corrected chi connectivity index (χ3v) is 2.23. The predicted octanol–water partition coefficient (Wildman–Crippen LogP) is 0.237. The monoisotopic (exact) mass is 268 g/mol. The van der Waals surface area contributed by atoms with Crippen LogP contribution in [0.1, 0.15) is 6.92 Å². The number of carbonyl (C=O) groups is 1. The van der Waals surface area contributed by atoms with Crippen LogP contribution in [0.4, 0.5) is 11.5 Å². The number of aromatic nitrogens is 1. The van der Waals surface area contributed by atoms with Gasteiger partial charge in [-0.05, 0) is 19.1 Å². The number of ether oxygens (including phenoxy) is 2. The molecule has 106 valence electrons. The molecule has 0 aliphatic carbocycles. The third-order valence-electron chi connectivity index (χ3n) is 2.23. The molecule has 0 radical (unpaired) electrons. The fourth-order valence-electron chi connectivity index (χ4n) is 1.33. The average molecular weight is 268 g/mol. The number of anilines is 2. The first-order valence-electron chi connectivity index (χ1n) is 6.06. The Bertz CT molecular complexity index is 412. The molecule has 0 unspecified atom stereocenters. The van der Waals surface area contributed by atoms with Crippen molar-refractivity contribution in [1.82, 2.24) is 10.3 Å². The van der Waals surface area contributed by atoms with Gasteiger partial charge in [-0.1, -0.05) is 0 Å². The highest BCUT2D eigenvalue weighted by Gasteiger charge is 2.05. The fourth-order valence-corrected chi connectivity index (χ4v) is 1.33. The van der Waals surface area contributed by atoms with Crippen molar-refractivity contribution in [1.29, 1.82) is 0 Å². The first kappa shape index (κ1) is 15.0. The molecule has 0 saturated carbocycles. The summed E-state index contributed by atoms with van der Waals surface area (Å²) in [5, 5.41) is 5.59. The lowest BCUT2D eigenvalue weighted by Crippen LogP contribution is -2.32. The Hall–Kier alpha value is -2.02. The summed E-state index contributed by atoms with van der Waals surface area (Å²) in [5.41, 5.74) is 6.17. The number of nitrogens with one attached hydrogen (secondary N) is 2. The van der Waals surface area contributed by atoms with E-state index in [4.69, 9.17) is 15.2 Å². The summed E-state index contributed by atoms with van der Waals surface area (Å²) < 4.78 is 10.1. The number of pyridine rings is 1. The van der Waals surface area contributed by atoms with Gasteiger partial charge in [0, 0.05) is 13.7 Å². The Kier molecular flexibility index (Phi) is 6.45. The quantitative estimate of drug-likeness (QED) is 0.584. The summed E-state index contributed by atoms with van der Waals surface area (Å²) in [4.78, 5) is 15.6. The van der Waals surface area contributed by atoms with Gasteiger partial charge < -0.3 is 25.8 Å². The van der Waals surface area contributed by atoms with Gasteiger partial charge in [0.15, 0.2) is 0 Å². The van der Waals surface area contributed by atoms with E-state index < -0.39 is 0 Å². The lowest BCUT2D eigenvalue weighted by Gasteiger charge is -2.10. The minimum Gasteiger partial charge on any atom is -0.476 e. The van der Waals surface area contributed by atoms with E-state index in [1.165, 1.54) is 0 Å². The molecule has 19 heavy (non-hydrogen) atoms. The van der Waals surface area contributed by atoms with Crippen molar-refractivity contribution < 1.29 is 14.3 Å². The number of amides is 1. The number of nitrogens with two attached hydrogens (primary N) is 1. The third kappa shape index (κ3) is 5.43. The zero-order valence-corrected chi connectivity index (χ0v) is 11.2. The number of hydrogen-bond donors (Lipinski definition) is 3. The number of nitrogen functional groups attached to an aromatic ring is 1. The van der Waals surface area contributed by atoms with Gasteiger partial charge in [0.1, 0.15) is 5.82 Å². The van der Waals surface area contributed by atoms with Gasteiger partial charge in [-0.2, -0.15) is 4.98 Å². The lowest BCUT2D eigenvalue weighted by molar-refractivity contribution is -0.119. The molecule has 0 saturated heterocycles. The van der Waals surface area contributed by atoms with E-state index >= 15 is 0 Å². The Morgan fingerprint density at radius 1 is 1.47 bits per heavy atom. The van der Waals surface area contributed by atoms with Crippen LogP contribution < -0.4 is 21.1 Å². The van der Waals surface area contributed by atoms with E-state index in [0.29, 0.717) is 37.1 Å². The second kappa shape index (κ2) is 8.15. The molecule has 0 atom stereocenters. The molecule has 7 nitrogen and oxygen atoms in total. The number of hydrogen-bond acceptors (Lipinski definition) is 6. The molecule has 1 heterocycles. The SMILES string of the molecule is CCOc1nc(NCC(=O)NCCOC)ccc1N. The molecule has 0 aliphatic rings. The van der Waals surface area contributed by atoms with Crippen LogP contribution in [0.2, 0.25) is 0 Å². The van der Waals surface area contributed by atoms with Crippen molar-refractivity contribution in [2.45, 2.75) is 6.92 Å². The molecule has 1 aromatic rings. The van der Waals surface area contributed by atoms with Crippen molar-refractivity contribution >= 4 is 17.4 Å². The highest BCUT2D eigenvalue weighted by molar-refractivity contribution is 5.80. The molecule has 7 heteroatoms. The predicted molar refractivity (Wildman–Crippen MR) is 73.2 cm³/mol. The highest BCUT2D eigenvalue weighted by atomic mass is 16.5. The van der Waals surface area contributed by atoms with Crippen molar-refractivity contribution in [3.63, 3.8) is 0 Å². The first-order chi connectivity index (χ1) is 9.17. The Morgan fingerprint density at radius 2 is 2.26 bits per heavy atom. The molecule has 0 fully saturated rings. The largest absolute Gasteiger partial charge is 0.476 e. The van der Waals surface area contributed by atoms with Crippen LogP contribution in [0, 0.1) is 0 Å². The average Bonchev–Trinajstić information content (AvgIpc) is 2.40. The van der Waals surface area contributed by atoms with Crippen molar-refractivity contribution in [3.05, 3.63) is 12.1 Å². The lowest BCUT2D eigenvalue weighted by atomic mass is 10.4. The molecule has 0 bridgehead atoms. The normalized spacial score (nSPS) is 10.0. The van der Waals surface area contributed by atoms with E-state index in [-0.39, 0.29) is 12.5 Å². The molecule has 1 rings (SSSR count). The smallest absolute Gasteiger partial charge is 0.239 e. The zero-order chi connectivity index (χ0) is 14.1. The molecule has 0 aliphatic heterocycles. The maximum atomic E-state index is 11.5. The molecule has 0 aromatic carbocycles. The minimum atomic E-state index is -0.131. The first-order valence-corrected chi connectivity index (χ1v) is 6.06. The molecule has 0 spiro atoms. The van der Waals surface area contributed by atoms with Gasteiger partial charge in [0.2, 0.25) is 11.8 Å². The van der Waals surface area contributed by atoms with E-state index in [2.05, 4.69) is 15.6 Å². The number of carbonyl (C=O) groups excluding carboxylic acids is 1. The van der Waals surface area contributed by atoms with Crippen LogP contribution in [0.25, 0.3) is 0 Å². The number of nitrogens with zero attached hydrogens (tertiary/aromatic N) is 1. The van der Waals surface area contributed by atoms with E-state index in [0.717, 1.165) is 0 Å². The van der Waals surface area contributed by atoms with Gasteiger partial charge in [-0.25, -0.2) is 0 Å². The standard InChI is InChI=1S/C12H20N4O3/c1-3-19-12-9(13)4-5-10(16-12)15-8-11(17)14-6-7-18-2/h4-5H,3,6-8,13H2,1-2H3,(H,14,17)(H,15,16). The summed E-state index contributed by atoms with van der Waals surface area (Å²) in [6.07, 6.45) is 0. The summed E-state index contributed by atoms with van der Waals surface area (Å²) in [6.45, 7) is 3.44. The topological polar surface area (TPSA) is 98.5 Å². The Labute approximate surface area is 112 Å². The summed E-state index contributed by atoms with van der Waals surface area (Å²) >= 11 is 0. The Balaban J connectivity index is 2.44. The van der Waals surface area contributed by atoms with Crippen LogP contribution in [-0.4, -0.2) is 44.3 Å². The molecular weight excluding hydrogens is 248 g/mol. The fraction of sp³-hybridized carbons (Fsp3) is 0.500. The number of rotatable bonds is 8. The van der Waals surface area contributed by atoms with Crippen molar-refractivity contribution in [2.24, 2.45) is 0 Å². The Morgan fingerprint density at radius 3 is 2.95 bits per heavy atom. The van der Waals surface area contributed by atoms with Gasteiger partial charge in [0.05, 0.1) is 25.4 Å². The van der Waals surface area contributed by atoms with Crippen molar-refractivity contribution in [3.8, 4) is 5.88 Å². The van der Waals surface area contributed by atoms with E-state index in [9.17, 15) is 4.79 Å². The van der Waals surface area contributed by atoms with Gasteiger partial charge in [0.25, 0.3) is 0 Å². The molecule has 4 N–H and O–H groups in total. The number of methoxy groups -OCH3 is 1. The summed E-state index contributed by atoms with van der Waals surface area (Å²) in [5.74, 6) is 0.778. The van der Waals surface area contributed by atoms with E-state index in [1.807, 2.05) is 6.92 Å². The van der Waals surface area contributed by atoms with Crippen LogP contribution in [0.15, 0.2) is 12.1 Å². The van der Waals surface area contributed by atoms with Crippen LogP contribution in [-0.2, 0) is 9.53 Å². The zero-order valence-electron chi connectivity index (χ0n) is 11.2. The van der Waals surface area contributed by atoms with E-state index in [1.54, 1.807) is 19.2 Å². The van der Waals surface area contributed by atoms with Crippen LogP contribution in [0.5, 0.6) is 5.88 Å². The van der Waals surface area contributed by atoms with Gasteiger partial charge in [-0.3, -0.25) is 4.79 Å². The highest BCUT2D eigenvalue weighted by Crippen LogP contribution is 2.20. The maximum Gasteiger partial charge on any atom is 0.239 e. The molecular formula is C12H20N4O3. The summed E-state index contributed by atoms with van der Waals surface area (Å²) in [7, 11) is 1.58. The van der Waals surface area contributed by atoms with Crippen LogP contribution in [0.3, 0.4) is 0 Å². The molecule has 1 amide bonds. The van der Waals surface area contributed by atoms with Gasteiger partial charge in [-0.15, -0.1) is 0 Å². The van der Waals surface area contributed by atoms with Crippen molar-refractivity contribution in [2.75, 3.05) is 44.5 Å². The van der Waals surface area contributed by atoms with Crippen LogP contribution >= 0.6 is 0 Å². The minimum absolute atomic E-state index is 0.131. The molecule has 1 aromatic heterocycles. The second-order valence-electron chi connectivity index (χ2n) is 3.72. The maximum absolute atomic E-state index is 11.5. The van der Waals surface area contributed by atoms with Gasteiger partial charge >= 0.3 is 0 Å². The second-order valence-corrected chi connectivity index (χ2v) is 3.72.